The van der Waals surface area contributed by atoms with Gasteiger partial charge in [0.15, 0.2) is 28.9 Å². The Morgan fingerprint density at radius 1 is 1.23 bits per heavy atom. The summed E-state index contributed by atoms with van der Waals surface area (Å²) in [4.78, 5) is 25.8. The molecule has 0 amide bonds. The Hall–Kier alpha value is -3.26. The number of aryl methyl sites for hydroxylation is 1. The molecule has 0 unspecified atom stereocenters. The van der Waals surface area contributed by atoms with Crippen molar-refractivity contribution >= 4 is 52.2 Å². The minimum Gasteiger partial charge on any atom is -0.462 e. The molecule has 5 rings (SSSR count). The zero-order chi connectivity index (χ0) is 31.8. The Morgan fingerprint density at radius 2 is 1.95 bits per heavy atom. The third-order valence-corrected chi connectivity index (χ3v) is 9.66. The van der Waals surface area contributed by atoms with E-state index in [1.807, 2.05) is 36.4 Å². The minimum atomic E-state index is -3.54. The molecule has 1 saturated heterocycles. The Bertz CT molecular complexity index is 1720. The number of rotatable bonds is 11. The van der Waals surface area contributed by atoms with Crippen molar-refractivity contribution in [3.05, 3.63) is 54.6 Å². The number of esters is 1. The second-order valence-corrected chi connectivity index (χ2v) is 14.2. The van der Waals surface area contributed by atoms with E-state index in [2.05, 4.69) is 25.4 Å². The number of benzene rings is 2. The maximum atomic E-state index is 16.2. The predicted molar refractivity (Wildman–Crippen MR) is 168 cm³/mol. The first-order valence-electron chi connectivity index (χ1n) is 14.1. The summed E-state index contributed by atoms with van der Waals surface area (Å²) in [6, 6.07) is 12.2. The fraction of sp³-hybridized carbons (Fsp3) is 0.448. The number of aliphatic hydroxyl groups excluding tert-OH is 1. The molecule has 3 N–H and O–H groups in total. The molecule has 6 atom stereocenters. The lowest BCUT2D eigenvalue weighted by Crippen LogP contribution is -2.41. The summed E-state index contributed by atoms with van der Waals surface area (Å²) in [6.45, 7) is 4.14. The lowest BCUT2D eigenvalue weighted by molar-refractivity contribution is -0.149. The molecule has 0 aliphatic carbocycles. The number of hydrogen-bond acceptors (Lipinski definition) is 11. The van der Waals surface area contributed by atoms with E-state index < -0.39 is 42.8 Å². The first-order valence-corrected chi connectivity index (χ1v) is 16.8. The van der Waals surface area contributed by atoms with Crippen molar-refractivity contribution in [2.45, 2.75) is 70.9 Å². The molecule has 236 valence electrons. The van der Waals surface area contributed by atoms with Gasteiger partial charge in [0.05, 0.1) is 19.0 Å². The van der Waals surface area contributed by atoms with Crippen molar-refractivity contribution in [3.63, 3.8) is 0 Å². The average Bonchev–Trinajstić information content (AvgIpc) is 3.48. The SMILES string of the molecule is CNc1nc(C)nc2c1ncn2[C@@H]1O[C@H](CO[P@@](=S)(N[C@H](C)C(=O)OC(C)C)Oc2cccc3ccccc23)[C@@H](O)[C@@]1(C)F. The van der Waals surface area contributed by atoms with E-state index in [1.54, 1.807) is 40.8 Å². The van der Waals surface area contributed by atoms with Crippen molar-refractivity contribution in [1.82, 2.24) is 24.6 Å². The maximum Gasteiger partial charge on any atom is 0.323 e. The number of aliphatic hydroxyl groups is 1. The number of carbonyl (C=O) groups excluding carboxylic acids is 1. The number of imidazole rings is 1. The molecule has 1 fully saturated rings. The van der Waals surface area contributed by atoms with Gasteiger partial charge in [-0.15, -0.1) is 0 Å². The largest absolute Gasteiger partial charge is 0.462 e. The van der Waals surface area contributed by atoms with Crippen LogP contribution in [0.4, 0.5) is 10.2 Å². The highest BCUT2D eigenvalue weighted by Crippen LogP contribution is 2.49. The number of aromatic nitrogens is 4. The van der Waals surface area contributed by atoms with Gasteiger partial charge in [-0.1, -0.05) is 36.4 Å². The minimum absolute atomic E-state index is 0.341. The highest BCUT2D eigenvalue weighted by molar-refractivity contribution is 8.09. The topological polar surface area (TPSA) is 142 Å². The summed E-state index contributed by atoms with van der Waals surface area (Å²) in [5.74, 6) is 0.820. The summed E-state index contributed by atoms with van der Waals surface area (Å²) >= 11 is 5.88. The van der Waals surface area contributed by atoms with Crippen molar-refractivity contribution < 1.29 is 32.8 Å². The van der Waals surface area contributed by atoms with Crippen LogP contribution in [0.2, 0.25) is 0 Å². The fourth-order valence-electron chi connectivity index (χ4n) is 5.01. The lowest BCUT2D eigenvalue weighted by Gasteiger charge is -2.28. The summed E-state index contributed by atoms with van der Waals surface area (Å²) in [7, 11) is 1.70. The van der Waals surface area contributed by atoms with Gasteiger partial charge in [-0.25, -0.2) is 24.4 Å². The van der Waals surface area contributed by atoms with E-state index in [9.17, 15) is 9.90 Å². The highest BCUT2D eigenvalue weighted by atomic mass is 32.5. The molecule has 3 heterocycles. The molecule has 2 aromatic carbocycles. The van der Waals surface area contributed by atoms with Crippen LogP contribution in [0, 0.1) is 6.92 Å². The van der Waals surface area contributed by atoms with Gasteiger partial charge in [0.25, 0.3) is 0 Å². The van der Waals surface area contributed by atoms with Crippen LogP contribution in [0.1, 0.15) is 39.7 Å². The molecule has 1 aliphatic heterocycles. The number of nitrogens with zero attached hydrogens (tertiary/aromatic N) is 4. The first kappa shape index (κ1) is 32.1. The third kappa shape index (κ3) is 6.42. The van der Waals surface area contributed by atoms with Gasteiger partial charge in [0, 0.05) is 12.4 Å². The molecular weight excluding hydrogens is 610 g/mol. The zero-order valence-electron chi connectivity index (χ0n) is 25.2. The number of anilines is 1. The Labute approximate surface area is 259 Å². The zero-order valence-corrected chi connectivity index (χ0v) is 26.9. The monoisotopic (exact) mass is 646 g/mol. The molecule has 4 aromatic rings. The van der Waals surface area contributed by atoms with E-state index >= 15 is 4.39 Å². The predicted octanol–water partition coefficient (Wildman–Crippen LogP) is 4.57. The molecular formula is C29H36FN6O6PS. The normalized spacial score (nSPS) is 24.0. The first-order chi connectivity index (χ1) is 20.8. The van der Waals surface area contributed by atoms with Gasteiger partial charge < -0.3 is 28.9 Å². The lowest BCUT2D eigenvalue weighted by atomic mass is 9.98. The van der Waals surface area contributed by atoms with Crippen LogP contribution in [0.3, 0.4) is 0 Å². The van der Waals surface area contributed by atoms with E-state index in [4.69, 9.17) is 30.3 Å². The van der Waals surface area contributed by atoms with Gasteiger partial charge in [0.2, 0.25) is 0 Å². The number of carbonyl (C=O) groups is 1. The van der Waals surface area contributed by atoms with Crippen molar-refractivity contribution in [2.24, 2.45) is 0 Å². The Balaban J connectivity index is 1.42. The number of alkyl halides is 1. The number of ether oxygens (including phenoxy) is 2. The molecule has 0 spiro atoms. The van der Waals surface area contributed by atoms with Crippen LogP contribution in [0.25, 0.3) is 21.9 Å². The van der Waals surface area contributed by atoms with Crippen molar-refractivity contribution in [1.29, 1.82) is 0 Å². The van der Waals surface area contributed by atoms with E-state index in [1.165, 1.54) is 17.8 Å². The van der Waals surface area contributed by atoms with Gasteiger partial charge in [0.1, 0.15) is 29.8 Å². The van der Waals surface area contributed by atoms with Crippen LogP contribution in [-0.2, 0) is 30.6 Å². The van der Waals surface area contributed by atoms with E-state index in [-0.39, 0.29) is 12.7 Å². The fourth-order valence-corrected chi connectivity index (χ4v) is 7.43. The molecule has 1 aliphatic rings. The maximum absolute atomic E-state index is 16.2. The van der Waals surface area contributed by atoms with Gasteiger partial charge in [-0.3, -0.25) is 9.36 Å². The second kappa shape index (κ2) is 12.6. The number of nitrogens with one attached hydrogen (secondary N) is 2. The van der Waals surface area contributed by atoms with Crippen LogP contribution in [0.15, 0.2) is 48.8 Å². The summed E-state index contributed by atoms with van der Waals surface area (Å²) in [5.41, 5.74) is -1.49. The van der Waals surface area contributed by atoms with Crippen molar-refractivity contribution in [3.8, 4) is 5.75 Å². The summed E-state index contributed by atoms with van der Waals surface area (Å²) < 4.78 is 41.5. The van der Waals surface area contributed by atoms with Gasteiger partial charge in [-0.05, 0) is 57.9 Å². The molecule has 2 aromatic heterocycles. The van der Waals surface area contributed by atoms with Crippen LogP contribution >= 0.6 is 6.64 Å². The average molecular weight is 647 g/mol. The molecule has 15 heteroatoms. The summed E-state index contributed by atoms with van der Waals surface area (Å²) in [6.07, 6.45) is -3.00. The Kier molecular flexibility index (Phi) is 9.22. The van der Waals surface area contributed by atoms with E-state index in [0.717, 1.165) is 10.8 Å². The van der Waals surface area contributed by atoms with Gasteiger partial charge in [-0.2, -0.15) is 0 Å². The highest BCUT2D eigenvalue weighted by Gasteiger charge is 2.56. The van der Waals surface area contributed by atoms with Crippen LogP contribution in [-0.4, -0.2) is 74.3 Å². The standard InChI is InChI=1S/C29H36FN6O6PS/c1-16(2)40-27(38)17(3)35-43(44,42-21-13-9-11-19-10-7-8-12-20(19)21)39-14-22-24(37)29(5,30)28(41-22)36-15-32-23-25(31-6)33-18(4)34-26(23)36/h7-13,15-17,22,24,28,37H,14H2,1-6H3,(H,35,44)(H,31,33,34)/t17-,22-,24-,28-,29-,43+/m1/s1. The van der Waals surface area contributed by atoms with Crippen molar-refractivity contribution in [2.75, 3.05) is 19.0 Å². The van der Waals surface area contributed by atoms with E-state index in [0.29, 0.717) is 28.6 Å². The molecule has 12 nitrogen and oxygen atoms in total. The van der Waals surface area contributed by atoms with Gasteiger partial charge >= 0.3 is 12.6 Å². The summed E-state index contributed by atoms with van der Waals surface area (Å²) in [5, 5.41) is 18.7. The molecule has 0 radical (unpaired) electrons. The smallest absolute Gasteiger partial charge is 0.323 e. The molecule has 0 saturated carbocycles. The number of fused-ring (bicyclic) bond motifs is 2. The number of halogens is 1. The number of hydrogen-bond donors (Lipinski definition) is 3. The molecule has 44 heavy (non-hydrogen) atoms. The molecule has 0 bridgehead atoms. The second-order valence-electron chi connectivity index (χ2n) is 11.0. The Morgan fingerprint density at radius 3 is 2.68 bits per heavy atom. The van der Waals surface area contributed by atoms with Crippen LogP contribution < -0.4 is 14.9 Å². The third-order valence-electron chi connectivity index (χ3n) is 7.17. The quantitative estimate of drug-likeness (QED) is 0.155. The van der Waals surface area contributed by atoms with Crippen LogP contribution in [0.5, 0.6) is 5.75 Å².